The van der Waals surface area contributed by atoms with Gasteiger partial charge in [-0.05, 0) is 37.8 Å². The molecule has 0 spiro atoms. The highest BCUT2D eigenvalue weighted by Crippen LogP contribution is 2.19. The maximum absolute atomic E-state index is 12.2. The summed E-state index contributed by atoms with van der Waals surface area (Å²) in [4.78, 5) is 14.2. The van der Waals surface area contributed by atoms with E-state index in [0.29, 0.717) is 6.04 Å². The monoisotopic (exact) mass is 274 g/mol. The molecule has 0 saturated carbocycles. The number of likely N-dealkylation sites (tertiary alicyclic amines) is 1. The van der Waals surface area contributed by atoms with Crippen LogP contribution < -0.4 is 5.32 Å². The highest BCUT2D eigenvalue weighted by atomic mass is 35.5. The number of nitrogens with zero attached hydrogens (tertiary/aromatic N) is 1. The minimum Gasteiger partial charge on any atom is -0.337 e. The first-order valence-corrected chi connectivity index (χ1v) is 6.66. The van der Waals surface area contributed by atoms with Crippen molar-refractivity contribution in [2.24, 2.45) is 0 Å². The van der Waals surface area contributed by atoms with E-state index in [9.17, 15) is 4.79 Å². The largest absolute Gasteiger partial charge is 0.337 e. The van der Waals surface area contributed by atoms with Crippen LogP contribution in [0.2, 0.25) is 0 Å². The molecule has 3 nitrogen and oxygen atoms in total. The Morgan fingerprint density at radius 3 is 2.88 bits per heavy atom. The topological polar surface area (TPSA) is 32.3 Å². The number of nitrogens with one attached hydrogen (secondary N) is 1. The fraction of sp³-hybridized carbons (Fsp3) is 0.583. The number of piperidine rings is 1. The highest BCUT2D eigenvalue weighted by Gasteiger charge is 2.24. The third-order valence-corrected chi connectivity index (χ3v) is 4.06. The summed E-state index contributed by atoms with van der Waals surface area (Å²) >= 11 is 1.60. The molecule has 1 atom stereocenters. The van der Waals surface area contributed by atoms with Crippen LogP contribution in [0.1, 0.15) is 28.8 Å². The van der Waals surface area contributed by atoms with Crippen LogP contribution in [0, 0.1) is 6.92 Å². The van der Waals surface area contributed by atoms with Crippen molar-refractivity contribution in [3.63, 3.8) is 0 Å². The van der Waals surface area contributed by atoms with Crippen molar-refractivity contribution < 1.29 is 4.79 Å². The van der Waals surface area contributed by atoms with Crippen LogP contribution in [0.4, 0.5) is 0 Å². The zero-order chi connectivity index (χ0) is 11.5. The number of amides is 1. The van der Waals surface area contributed by atoms with E-state index in [0.717, 1.165) is 30.6 Å². The lowest BCUT2D eigenvalue weighted by Gasteiger charge is -2.32. The van der Waals surface area contributed by atoms with Crippen molar-refractivity contribution in [1.82, 2.24) is 10.2 Å². The Bertz CT molecular complexity index is 380. The van der Waals surface area contributed by atoms with Gasteiger partial charge in [-0.1, -0.05) is 0 Å². The Hall–Kier alpha value is -0.580. The van der Waals surface area contributed by atoms with Crippen LogP contribution in [-0.2, 0) is 0 Å². The van der Waals surface area contributed by atoms with Gasteiger partial charge in [-0.3, -0.25) is 4.79 Å². The second kappa shape index (κ2) is 6.38. The lowest BCUT2D eigenvalue weighted by molar-refractivity contribution is 0.0698. The average Bonchev–Trinajstić information content (AvgIpc) is 2.74. The van der Waals surface area contributed by atoms with Gasteiger partial charge in [0.2, 0.25) is 0 Å². The molecule has 96 valence electrons. The van der Waals surface area contributed by atoms with Crippen LogP contribution in [0.5, 0.6) is 0 Å². The molecule has 1 amide bonds. The molecule has 1 fully saturated rings. The third-order valence-electron chi connectivity index (χ3n) is 3.20. The molecule has 0 radical (unpaired) electrons. The van der Waals surface area contributed by atoms with Gasteiger partial charge in [0.15, 0.2) is 0 Å². The van der Waals surface area contributed by atoms with E-state index in [-0.39, 0.29) is 18.3 Å². The molecule has 5 heteroatoms. The fourth-order valence-electron chi connectivity index (χ4n) is 2.15. The summed E-state index contributed by atoms with van der Waals surface area (Å²) in [7, 11) is 1.97. The van der Waals surface area contributed by atoms with Crippen LogP contribution >= 0.6 is 23.7 Å². The SMILES string of the molecule is CNC1CCCN(C(=O)c2cscc2C)C1.Cl. The molecule has 1 aliphatic rings. The van der Waals surface area contributed by atoms with E-state index >= 15 is 0 Å². The van der Waals surface area contributed by atoms with Crippen molar-refractivity contribution in [2.45, 2.75) is 25.8 Å². The van der Waals surface area contributed by atoms with Gasteiger partial charge in [0.05, 0.1) is 5.56 Å². The Labute approximate surface area is 113 Å². The molecule has 1 saturated heterocycles. The molecular weight excluding hydrogens is 256 g/mol. The van der Waals surface area contributed by atoms with E-state index < -0.39 is 0 Å². The Morgan fingerprint density at radius 2 is 2.29 bits per heavy atom. The van der Waals surface area contributed by atoms with Gasteiger partial charge in [-0.15, -0.1) is 12.4 Å². The summed E-state index contributed by atoms with van der Waals surface area (Å²) in [5, 5.41) is 7.25. The van der Waals surface area contributed by atoms with Crippen LogP contribution in [-0.4, -0.2) is 37.0 Å². The minimum atomic E-state index is 0. The van der Waals surface area contributed by atoms with Crippen molar-refractivity contribution in [2.75, 3.05) is 20.1 Å². The number of rotatable bonds is 2. The fourth-order valence-corrected chi connectivity index (χ4v) is 2.97. The Kier molecular flexibility index (Phi) is 5.43. The van der Waals surface area contributed by atoms with Gasteiger partial charge in [-0.2, -0.15) is 11.3 Å². The molecule has 0 aliphatic carbocycles. The summed E-state index contributed by atoms with van der Waals surface area (Å²) in [5.41, 5.74) is 1.98. The Balaban J connectivity index is 0.00000144. The van der Waals surface area contributed by atoms with Gasteiger partial charge in [-0.25, -0.2) is 0 Å². The number of hydrogen-bond acceptors (Lipinski definition) is 3. The number of halogens is 1. The lowest BCUT2D eigenvalue weighted by Crippen LogP contribution is -2.47. The summed E-state index contributed by atoms with van der Waals surface area (Å²) < 4.78 is 0. The van der Waals surface area contributed by atoms with Crippen molar-refractivity contribution in [3.05, 3.63) is 21.9 Å². The van der Waals surface area contributed by atoms with Crippen molar-refractivity contribution >= 4 is 29.7 Å². The molecule has 17 heavy (non-hydrogen) atoms. The van der Waals surface area contributed by atoms with Crippen molar-refractivity contribution in [1.29, 1.82) is 0 Å². The number of carbonyl (C=O) groups excluding carboxylic acids is 1. The number of carbonyl (C=O) groups is 1. The first-order valence-electron chi connectivity index (χ1n) is 5.71. The summed E-state index contributed by atoms with van der Waals surface area (Å²) in [6, 6.07) is 0.455. The predicted octanol–water partition coefficient (Wildman–Crippen LogP) is 2.30. The normalized spacial score (nSPS) is 19.9. The molecule has 2 heterocycles. The molecule has 1 aromatic rings. The minimum absolute atomic E-state index is 0. The molecule has 1 aromatic heterocycles. The molecular formula is C12H19ClN2OS. The predicted molar refractivity (Wildman–Crippen MR) is 74.3 cm³/mol. The zero-order valence-corrected chi connectivity index (χ0v) is 11.9. The van der Waals surface area contributed by atoms with Gasteiger partial charge in [0.25, 0.3) is 5.91 Å². The van der Waals surface area contributed by atoms with Crippen LogP contribution in [0.15, 0.2) is 10.8 Å². The van der Waals surface area contributed by atoms with Gasteiger partial charge >= 0.3 is 0 Å². The molecule has 1 N–H and O–H groups in total. The first kappa shape index (κ1) is 14.5. The average molecular weight is 275 g/mol. The third kappa shape index (κ3) is 3.21. The summed E-state index contributed by atoms with van der Waals surface area (Å²) in [5.74, 6) is 0.193. The number of aryl methyl sites for hydroxylation is 1. The molecule has 0 aromatic carbocycles. The standard InChI is InChI=1S/C12H18N2OS.ClH/c1-9-7-16-8-11(9)12(15)14-5-3-4-10(6-14)13-2;/h7-8,10,13H,3-6H2,1-2H3;1H. The van der Waals surface area contributed by atoms with E-state index in [1.54, 1.807) is 11.3 Å². The van der Waals surface area contributed by atoms with E-state index in [1.807, 2.05) is 29.6 Å². The molecule has 2 rings (SSSR count). The van der Waals surface area contributed by atoms with E-state index in [4.69, 9.17) is 0 Å². The van der Waals surface area contributed by atoms with Gasteiger partial charge < -0.3 is 10.2 Å². The molecule has 1 aliphatic heterocycles. The maximum Gasteiger partial charge on any atom is 0.255 e. The second-order valence-corrected chi connectivity index (χ2v) is 5.09. The van der Waals surface area contributed by atoms with E-state index in [2.05, 4.69) is 5.32 Å². The van der Waals surface area contributed by atoms with E-state index in [1.165, 1.54) is 6.42 Å². The number of thiophene rings is 1. The summed E-state index contributed by atoms with van der Waals surface area (Å²) in [6.45, 7) is 3.74. The zero-order valence-electron chi connectivity index (χ0n) is 10.2. The molecule has 1 unspecified atom stereocenters. The number of likely N-dealkylation sites (N-methyl/N-ethyl adjacent to an activating group) is 1. The van der Waals surface area contributed by atoms with Gasteiger partial charge in [0, 0.05) is 24.5 Å². The highest BCUT2D eigenvalue weighted by molar-refractivity contribution is 7.08. The molecule has 0 bridgehead atoms. The van der Waals surface area contributed by atoms with Crippen molar-refractivity contribution in [3.8, 4) is 0 Å². The quantitative estimate of drug-likeness (QED) is 0.898. The Morgan fingerprint density at radius 1 is 1.53 bits per heavy atom. The maximum atomic E-state index is 12.2. The second-order valence-electron chi connectivity index (χ2n) is 4.35. The van der Waals surface area contributed by atoms with Crippen LogP contribution in [0.3, 0.4) is 0 Å². The van der Waals surface area contributed by atoms with Crippen LogP contribution in [0.25, 0.3) is 0 Å². The number of hydrogen-bond donors (Lipinski definition) is 1. The smallest absolute Gasteiger partial charge is 0.255 e. The first-order chi connectivity index (χ1) is 7.72. The lowest BCUT2D eigenvalue weighted by atomic mass is 10.0. The van der Waals surface area contributed by atoms with Gasteiger partial charge in [0.1, 0.15) is 0 Å². The summed E-state index contributed by atoms with van der Waals surface area (Å²) in [6.07, 6.45) is 2.27.